The first-order valence-corrected chi connectivity index (χ1v) is 12.1. The molecule has 4 nitrogen and oxygen atoms in total. The van der Waals surface area contributed by atoms with Gasteiger partial charge in [0.25, 0.3) is 0 Å². The first-order chi connectivity index (χ1) is 17.5. The van der Waals surface area contributed by atoms with Crippen LogP contribution in [0, 0.1) is 0 Å². The van der Waals surface area contributed by atoms with Crippen LogP contribution in [0.2, 0.25) is 5.02 Å². The van der Waals surface area contributed by atoms with Crippen LogP contribution in [0.3, 0.4) is 0 Å². The van der Waals surface area contributed by atoms with Gasteiger partial charge in [0.05, 0.1) is 5.69 Å². The molecule has 3 rings (SSSR count). The van der Waals surface area contributed by atoms with Gasteiger partial charge in [0.2, 0.25) is 0 Å². The van der Waals surface area contributed by atoms with E-state index in [9.17, 15) is 4.79 Å². The van der Waals surface area contributed by atoms with Crippen LogP contribution in [0.25, 0.3) is 22.3 Å². The van der Waals surface area contributed by atoms with Crippen molar-refractivity contribution >= 4 is 36.1 Å². The number of hydrogen-bond acceptors (Lipinski definition) is 3. The average molecular weight is 496 g/mol. The Balaban J connectivity index is 2.28. The van der Waals surface area contributed by atoms with E-state index in [0.29, 0.717) is 16.4 Å². The molecule has 0 unspecified atom stereocenters. The van der Waals surface area contributed by atoms with Crippen LogP contribution in [0.5, 0.6) is 0 Å². The van der Waals surface area contributed by atoms with Crippen LogP contribution in [0.15, 0.2) is 107 Å². The van der Waals surface area contributed by atoms with Crippen molar-refractivity contribution in [3.63, 3.8) is 0 Å². The topological polar surface area (TPSA) is 53.8 Å². The summed E-state index contributed by atoms with van der Waals surface area (Å²) >= 11 is 6.35. The highest BCUT2D eigenvalue weighted by molar-refractivity contribution is 6.30. The summed E-state index contributed by atoms with van der Waals surface area (Å²) in [5.74, 6) is 0.467. The van der Waals surface area contributed by atoms with Crippen molar-refractivity contribution in [2.75, 3.05) is 13.6 Å². The number of aldehydes is 1. The van der Waals surface area contributed by atoms with Crippen LogP contribution in [-0.4, -0.2) is 32.4 Å². The number of benzene rings is 3. The van der Waals surface area contributed by atoms with Gasteiger partial charge in [-0.15, -0.1) is 0 Å². The van der Waals surface area contributed by atoms with Gasteiger partial charge in [-0.2, -0.15) is 0 Å². The van der Waals surface area contributed by atoms with Gasteiger partial charge in [-0.05, 0) is 80.2 Å². The number of hydrogen-bond donors (Lipinski definition) is 1. The second-order valence-electron chi connectivity index (χ2n) is 8.08. The molecule has 0 saturated carbocycles. The molecule has 0 heterocycles. The monoisotopic (exact) mass is 495 g/mol. The molecule has 0 bridgehead atoms. The average Bonchev–Trinajstić information content (AvgIpc) is 2.91. The number of carbonyl (C=O) groups excluding carboxylic acids is 1. The second-order valence-corrected chi connectivity index (χ2v) is 8.51. The van der Waals surface area contributed by atoms with E-state index in [1.165, 1.54) is 0 Å². The van der Waals surface area contributed by atoms with Gasteiger partial charge in [-0.25, -0.2) is 9.98 Å². The van der Waals surface area contributed by atoms with Crippen molar-refractivity contribution in [1.82, 2.24) is 5.32 Å². The summed E-state index contributed by atoms with van der Waals surface area (Å²) < 4.78 is 0. The van der Waals surface area contributed by atoms with Gasteiger partial charge >= 0.3 is 0 Å². The Kier molecular flexibility index (Phi) is 9.87. The number of allylic oxidation sites excluding steroid dienone is 3. The molecular weight excluding hydrogens is 466 g/mol. The largest absolute Gasteiger partial charge is 0.319 e. The van der Waals surface area contributed by atoms with E-state index in [4.69, 9.17) is 16.6 Å². The van der Waals surface area contributed by atoms with Crippen molar-refractivity contribution in [3.05, 3.63) is 113 Å². The van der Waals surface area contributed by atoms with E-state index in [-0.39, 0.29) is 0 Å². The molecule has 0 aliphatic carbocycles. The third-order valence-corrected chi connectivity index (χ3v) is 5.91. The summed E-state index contributed by atoms with van der Waals surface area (Å²) in [7, 11) is 1.93. The highest BCUT2D eigenvalue weighted by Crippen LogP contribution is 2.38. The summed E-state index contributed by atoms with van der Waals surface area (Å²) in [5, 5.41) is 3.90. The molecule has 182 valence electrons. The highest BCUT2D eigenvalue weighted by Gasteiger charge is 2.14. The zero-order valence-electron chi connectivity index (χ0n) is 20.7. The molecule has 0 amide bonds. The van der Waals surface area contributed by atoms with Gasteiger partial charge < -0.3 is 5.32 Å². The molecule has 0 spiro atoms. The Labute approximate surface area is 218 Å². The van der Waals surface area contributed by atoms with Crippen molar-refractivity contribution in [1.29, 1.82) is 0 Å². The fourth-order valence-electron chi connectivity index (χ4n) is 3.85. The number of carbonyl (C=O) groups is 1. The molecule has 0 aliphatic rings. The minimum Gasteiger partial charge on any atom is -0.319 e. The van der Waals surface area contributed by atoms with Crippen molar-refractivity contribution in [2.45, 2.75) is 13.3 Å². The Bertz CT molecular complexity index is 1350. The molecule has 3 aromatic rings. The predicted octanol–water partition coefficient (Wildman–Crippen LogP) is 7.67. The van der Waals surface area contributed by atoms with Crippen LogP contribution >= 0.6 is 11.6 Å². The lowest BCUT2D eigenvalue weighted by atomic mass is 9.93. The molecule has 5 heteroatoms. The number of halogens is 1. The SMILES string of the molecule is C=C/C(=C\C=C/C)C(N=C)=Nc1cc(-c2cccc(C=O)c2)ccc1-c1ccc(Cl)cc1CCNC. The lowest BCUT2D eigenvalue weighted by Crippen LogP contribution is -2.11. The third-order valence-electron chi connectivity index (χ3n) is 5.68. The second kappa shape index (κ2) is 13.3. The number of rotatable bonds is 10. The Hall–Kier alpha value is -3.86. The fraction of sp³-hybridized carbons (Fsp3) is 0.129. The van der Waals surface area contributed by atoms with Gasteiger partial charge in [0.15, 0.2) is 5.84 Å². The lowest BCUT2D eigenvalue weighted by molar-refractivity contribution is 0.112. The minimum absolute atomic E-state index is 0.467. The zero-order valence-corrected chi connectivity index (χ0v) is 21.4. The van der Waals surface area contributed by atoms with E-state index >= 15 is 0 Å². The molecule has 0 aliphatic heterocycles. The first kappa shape index (κ1) is 26.7. The maximum atomic E-state index is 11.3. The minimum atomic E-state index is 0.467. The quantitative estimate of drug-likeness (QED) is 0.136. The van der Waals surface area contributed by atoms with E-state index in [2.05, 4.69) is 29.7 Å². The lowest BCUT2D eigenvalue weighted by Gasteiger charge is -2.15. The molecule has 0 aromatic heterocycles. The van der Waals surface area contributed by atoms with Gasteiger partial charge in [-0.1, -0.05) is 78.9 Å². The molecule has 1 N–H and O–H groups in total. The predicted molar refractivity (Wildman–Crippen MR) is 155 cm³/mol. The van der Waals surface area contributed by atoms with Gasteiger partial charge in [0, 0.05) is 21.7 Å². The molecular formula is C31H30ClN3O. The first-order valence-electron chi connectivity index (χ1n) is 11.7. The molecule has 36 heavy (non-hydrogen) atoms. The van der Waals surface area contributed by atoms with Crippen molar-refractivity contribution < 1.29 is 4.79 Å². The van der Waals surface area contributed by atoms with Crippen LogP contribution in [0.4, 0.5) is 5.69 Å². The third kappa shape index (κ3) is 6.63. The fourth-order valence-corrected chi connectivity index (χ4v) is 4.05. The zero-order chi connectivity index (χ0) is 25.9. The summed E-state index contributed by atoms with van der Waals surface area (Å²) in [6.07, 6.45) is 9.11. The number of nitrogens with one attached hydrogen (secondary N) is 1. The number of likely N-dealkylation sites (N-methyl/N-ethyl adjacent to an activating group) is 1. The Morgan fingerprint density at radius 1 is 1.06 bits per heavy atom. The maximum Gasteiger partial charge on any atom is 0.159 e. The van der Waals surface area contributed by atoms with Crippen molar-refractivity contribution in [3.8, 4) is 22.3 Å². The standard InChI is InChI=1S/C31H30ClN3O/c1-5-7-10-23(6-2)31(34-4)35-30-20-25(24-11-8-9-22(18-24)21-36)12-14-29(30)28-15-13-27(32)19-26(28)16-17-33-3/h5-15,18-21,33H,2,4,16-17H2,1,3H3/b7-5-,23-10+,35-31?. The molecule has 0 radical (unpaired) electrons. The molecule has 0 fully saturated rings. The van der Waals surface area contributed by atoms with Crippen LogP contribution in [0.1, 0.15) is 22.8 Å². The maximum absolute atomic E-state index is 11.3. The van der Waals surface area contributed by atoms with E-state index in [1.807, 2.05) is 80.7 Å². The van der Waals surface area contributed by atoms with Crippen LogP contribution in [-0.2, 0) is 6.42 Å². The summed E-state index contributed by atoms with van der Waals surface area (Å²) in [6.45, 7) is 10.4. The Morgan fingerprint density at radius 2 is 1.83 bits per heavy atom. The van der Waals surface area contributed by atoms with E-state index in [1.54, 1.807) is 12.1 Å². The normalized spacial score (nSPS) is 12.1. The summed E-state index contributed by atoms with van der Waals surface area (Å²) in [6, 6.07) is 19.5. The number of aliphatic imine (C=N–C) groups is 2. The number of nitrogens with zero attached hydrogens (tertiary/aromatic N) is 2. The summed E-state index contributed by atoms with van der Waals surface area (Å²) in [4.78, 5) is 20.5. The molecule has 3 aromatic carbocycles. The highest BCUT2D eigenvalue weighted by atomic mass is 35.5. The van der Waals surface area contributed by atoms with Crippen LogP contribution < -0.4 is 5.32 Å². The molecule has 0 atom stereocenters. The van der Waals surface area contributed by atoms with Gasteiger partial charge in [0.1, 0.15) is 6.29 Å². The van der Waals surface area contributed by atoms with Gasteiger partial charge in [-0.3, -0.25) is 4.79 Å². The van der Waals surface area contributed by atoms with Crippen molar-refractivity contribution in [2.24, 2.45) is 9.98 Å². The summed E-state index contributed by atoms with van der Waals surface area (Å²) in [5.41, 5.74) is 7.08. The smallest absolute Gasteiger partial charge is 0.159 e. The van der Waals surface area contributed by atoms with E-state index < -0.39 is 0 Å². The number of amidine groups is 1. The molecule has 0 saturated heterocycles. The van der Waals surface area contributed by atoms with E-state index in [0.717, 1.165) is 58.3 Å². The Morgan fingerprint density at radius 3 is 2.53 bits per heavy atom.